The van der Waals surface area contributed by atoms with Crippen molar-refractivity contribution < 1.29 is 23.1 Å². The second-order valence-corrected chi connectivity index (χ2v) is 5.75. The number of benzene rings is 1. The second kappa shape index (κ2) is 6.62. The Balaban J connectivity index is 1.58. The van der Waals surface area contributed by atoms with Crippen LogP contribution in [0.15, 0.2) is 18.2 Å². The van der Waals surface area contributed by atoms with E-state index in [1.54, 1.807) is 9.80 Å². The number of ether oxygens (including phenoxy) is 1. The molecule has 2 aliphatic rings. The van der Waals surface area contributed by atoms with Crippen molar-refractivity contribution in [3.63, 3.8) is 0 Å². The van der Waals surface area contributed by atoms with E-state index >= 15 is 0 Å². The number of hydrogen-bond donors (Lipinski definition) is 0. The third kappa shape index (κ3) is 3.34. The van der Waals surface area contributed by atoms with Gasteiger partial charge in [-0.15, -0.1) is 0 Å². The third-order valence-electron chi connectivity index (χ3n) is 4.25. The Kier molecular flexibility index (Phi) is 4.56. The van der Waals surface area contributed by atoms with Gasteiger partial charge in [0.1, 0.15) is 6.10 Å². The fourth-order valence-corrected chi connectivity index (χ4v) is 2.92. The molecule has 2 fully saturated rings. The summed E-state index contributed by atoms with van der Waals surface area (Å²) in [5.74, 6) is -2.40. The van der Waals surface area contributed by atoms with E-state index < -0.39 is 11.6 Å². The highest BCUT2D eigenvalue weighted by atomic mass is 19.2. The Morgan fingerprint density at radius 3 is 2.35 bits per heavy atom. The average Bonchev–Trinajstić information content (AvgIpc) is 3.11. The molecule has 0 spiro atoms. The topological polar surface area (TPSA) is 49.9 Å². The number of rotatable bonds is 2. The highest BCUT2D eigenvalue weighted by molar-refractivity contribution is 5.94. The summed E-state index contributed by atoms with van der Waals surface area (Å²) < 4.78 is 31.6. The number of carbonyl (C=O) groups excluding carboxylic acids is 2. The van der Waals surface area contributed by atoms with Gasteiger partial charge in [-0.2, -0.15) is 0 Å². The maximum absolute atomic E-state index is 13.2. The Labute approximate surface area is 132 Å². The molecule has 0 N–H and O–H groups in total. The lowest BCUT2D eigenvalue weighted by molar-refractivity contribution is -0.142. The lowest BCUT2D eigenvalue weighted by atomic mass is 10.1. The zero-order chi connectivity index (χ0) is 16.4. The number of carbonyl (C=O) groups is 2. The van der Waals surface area contributed by atoms with Gasteiger partial charge in [-0.1, -0.05) is 0 Å². The molecule has 1 unspecified atom stereocenters. The van der Waals surface area contributed by atoms with E-state index in [1.165, 1.54) is 6.07 Å². The van der Waals surface area contributed by atoms with Gasteiger partial charge in [-0.25, -0.2) is 8.78 Å². The lowest BCUT2D eigenvalue weighted by Crippen LogP contribution is -2.52. The maximum atomic E-state index is 13.2. The van der Waals surface area contributed by atoms with E-state index in [4.69, 9.17) is 4.74 Å². The number of piperazine rings is 1. The largest absolute Gasteiger partial charge is 0.368 e. The van der Waals surface area contributed by atoms with E-state index in [1.807, 2.05) is 0 Å². The van der Waals surface area contributed by atoms with Crippen molar-refractivity contribution >= 4 is 11.8 Å². The molecule has 2 aliphatic heterocycles. The molecule has 2 amide bonds. The van der Waals surface area contributed by atoms with E-state index in [-0.39, 0.29) is 23.5 Å². The lowest BCUT2D eigenvalue weighted by Gasteiger charge is -2.35. The molecule has 23 heavy (non-hydrogen) atoms. The first-order valence-corrected chi connectivity index (χ1v) is 7.71. The zero-order valence-corrected chi connectivity index (χ0v) is 12.6. The quantitative estimate of drug-likeness (QED) is 0.827. The first-order valence-electron chi connectivity index (χ1n) is 7.71. The molecule has 2 heterocycles. The van der Waals surface area contributed by atoms with E-state index in [9.17, 15) is 18.4 Å². The molecule has 1 aromatic carbocycles. The zero-order valence-electron chi connectivity index (χ0n) is 12.6. The minimum atomic E-state index is -1.04. The Bertz CT molecular complexity index is 609. The molecule has 0 bridgehead atoms. The maximum Gasteiger partial charge on any atom is 0.254 e. The molecular weight excluding hydrogens is 306 g/mol. The third-order valence-corrected chi connectivity index (χ3v) is 4.25. The Morgan fingerprint density at radius 2 is 1.74 bits per heavy atom. The average molecular weight is 324 g/mol. The summed E-state index contributed by atoms with van der Waals surface area (Å²) >= 11 is 0. The van der Waals surface area contributed by atoms with Crippen LogP contribution in [0.1, 0.15) is 23.2 Å². The fourth-order valence-electron chi connectivity index (χ4n) is 2.92. The highest BCUT2D eigenvalue weighted by Gasteiger charge is 2.31. The second-order valence-electron chi connectivity index (χ2n) is 5.75. The number of hydrogen-bond acceptors (Lipinski definition) is 3. The van der Waals surface area contributed by atoms with Crippen molar-refractivity contribution in [1.29, 1.82) is 0 Å². The van der Waals surface area contributed by atoms with Gasteiger partial charge in [0.05, 0.1) is 0 Å². The first kappa shape index (κ1) is 15.9. The minimum Gasteiger partial charge on any atom is -0.368 e. The summed E-state index contributed by atoms with van der Waals surface area (Å²) in [6.45, 7) is 2.21. The monoisotopic (exact) mass is 324 g/mol. The van der Waals surface area contributed by atoms with Gasteiger partial charge >= 0.3 is 0 Å². The molecule has 7 heteroatoms. The van der Waals surface area contributed by atoms with Crippen molar-refractivity contribution in [2.24, 2.45) is 0 Å². The van der Waals surface area contributed by atoms with E-state index in [0.29, 0.717) is 32.8 Å². The van der Waals surface area contributed by atoms with Gasteiger partial charge in [0.15, 0.2) is 11.6 Å². The number of amides is 2. The van der Waals surface area contributed by atoms with Gasteiger partial charge in [0.25, 0.3) is 11.8 Å². The van der Waals surface area contributed by atoms with Gasteiger partial charge < -0.3 is 14.5 Å². The summed E-state index contributed by atoms with van der Waals surface area (Å²) in [7, 11) is 0. The Hall–Kier alpha value is -2.02. The normalized spacial score (nSPS) is 21.6. The van der Waals surface area contributed by atoms with Gasteiger partial charge in [0, 0.05) is 38.3 Å². The minimum absolute atomic E-state index is 0.0255. The molecule has 1 atom stereocenters. The fraction of sp³-hybridized carbons (Fsp3) is 0.500. The molecule has 124 valence electrons. The molecule has 0 radical (unpaired) electrons. The smallest absolute Gasteiger partial charge is 0.254 e. The highest BCUT2D eigenvalue weighted by Crippen LogP contribution is 2.17. The number of halogens is 2. The van der Waals surface area contributed by atoms with E-state index in [2.05, 4.69) is 0 Å². The van der Waals surface area contributed by atoms with Crippen LogP contribution in [-0.2, 0) is 9.53 Å². The van der Waals surface area contributed by atoms with Crippen molar-refractivity contribution in [3.8, 4) is 0 Å². The summed E-state index contributed by atoms with van der Waals surface area (Å²) in [5, 5.41) is 0. The van der Waals surface area contributed by atoms with Gasteiger partial charge in [-0.3, -0.25) is 9.59 Å². The summed E-state index contributed by atoms with van der Waals surface area (Å²) in [6, 6.07) is 3.12. The molecule has 0 saturated carbocycles. The molecule has 2 saturated heterocycles. The van der Waals surface area contributed by atoms with Crippen LogP contribution < -0.4 is 0 Å². The van der Waals surface area contributed by atoms with Crippen LogP contribution in [0.4, 0.5) is 8.78 Å². The summed E-state index contributed by atoms with van der Waals surface area (Å²) in [4.78, 5) is 27.8. The molecular formula is C16H18F2N2O3. The van der Waals surface area contributed by atoms with Gasteiger partial charge in [0.2, 0.25) is 0 Å². The molecule has 0 aliphatic carbocycles. The van der Waals surface area contributed by atoms with Crippen LogP contribution in [0.25, 0.3) is 0 Å². The van der Waals surface area contributed by atoms with Crippen LogP contribution in [0.5, 0.6) is 0 Å². The predicted molar refractivity (Wildman–Crippen MR) is 77.8 cm³/mol. The van der Waals surface area contributed by atoms with Crippen molar-refractivity contribution in [1.82, 2.24) is 9.80 Å². The number of nitrogens with zero attached hydrogens (tertiary/aromatic N) is 2. The van der Waals surface area contributed by atoms with Crippen LogP contribution >= 0.6 is 0 Å². The predicted octanol–water partition coefficient (Wildman–Crippen LogP) is 1.43. The van der Waals surface area contributed by atoms with Crippen molar-refractivity contribution in [2.45, 2.75) is 18.9 Å². The van der Waals surface area contributed by atoms with Crippen LogP contribution in [0.2, 0.25) is 0 Å². The first-order chi connectivity index (χ1) is 11.1. The van der Waals surface area contributed by atoms with Crippen molar-refractivity contribution in [3.05, 3.63) is 35.4 Å². The summed E-state index contributed by atoms with van der Waals surface area (Å²) in [6.07, 6.45) is 1.28. The van der Waals surface area contributed by atoms with Crippen molar-refractivity contribution in [2.75, 3.05) is 32.8 Å². The molecule has 5 nitrogen and oxygen atoms in total. The van der Waals surface area contributed by atoms with Crippen LogP contribution in [0.3, 0.4) is 0 Å². The molecule has 0 aromatic heterocycles. The van der Waals surface area contributed by atoms with E-state index in [0.717, 1.165) is 25.0 Å². The SMILES string of the molecule is O=C(c1ccc(F)c(F)c1)N1CCN(C(=O)C2CCCO2)CC1. The van der Waals surface area contributed by atoms with Gasteiger partial charge in [-0.05, 0) is 31.0 Å². The molecule has 1 aromatic rings. The summed E-state index contributed by atoms with van der Waals surface area (Å²) in [5.41, 5.74) is 0.114. The standard InChI is InChI=1S/C16H18F2N2O3/c17-12-4-3-11(10-13(12)18)15(21)19-5-7-20(8-6-19)16(22)14-2-1-9-23-14/h3-4,10,14H,1-2,5-9H2. The van der Waals surface area contributed by atoms with Crippen LogP contribution in [-0.4, -0.2) is 60.5 Å². The Morgan fingerprint density at radius 1 is 1.04 bits per heavy atom. The van der Waals surface area contributed by atoms with Crippen LogP contribution in [0, 0.1) is 11.6 Å². The molecule has 3 rings (SSSR count).